The molecular formula is C12H17N5O2. The third kappa shape index (κ3) is 2.82. The van der Waals surface area contributed by atoms with Crippen LogP contribution in [0, 0.1) is 6.92 Å². The summed E-state index contributed by atoms with van der Waals surface area (Å²) in [6, 6.07) is 1.39. The Morgan fingerprint density at radius 2 is 1.89 bits per heavy atom. The van der Waals surface area contributed by atoms with Gasteiger partial charge in [0.15, 0.2) is 0 Å². The standard InChI is InChI=1S/C12H17N5O2/c1-10-14-4-7-15(10)8-9-16-5-2-11(18)17(6-3-13)12(16)19/h2,4-5,7H,3,6,8-9,13H2,1H3. The van der Waals surface area contributed by atoms with Gasteiger partial charge < -0.3 is 10.3 Å². The van der Waals surface area contributed by atoms with E-state index in [9.17, 15) is 9.59 Å². The van der Waals surface area contributed by atoms with E-state index in [0.717, 1.165) is 10.4 Å². The number of hydrogen-bond acceptors (Lipinski definition) is 4. The monoisotopic (exact) mass is 263 g/mol. The topological polar surface area (TPSA) is 87.8 Å². The highest BCUT2D eigenvalue weighted by Crippen LogP contribution is 1.95. The van der Waals surface area contributed by atoms with Gasteiger partial charge in [-0.2, -0.15) is 0 Å². The van der Waals surface area contributed by atoms with Crippen LogP contribution in [0.5, 0.6) is 0 Å². The van der Waals surface area contributed by atoms with Crippen LogP contribution in [0.1, 0.15) is 5.82 Å². The highest BCUT2D eigenvalue weighted by molar-refractivity contribution is 4.90. The van der Waals surface area contributed by atoms with Crippen molar-refractivity contribution >= 4 is 0 Å². The largest absolute Gasteiger partial charge is 0.333 e. The maximum absolute atomic E-state index is 12.1. The van der Waals surface area contributed by atoms with Crippen LogP contribution < -0.4 is 17.0 Å². The minimum atomic E-state index is -0.323. The van der Waals surface area contributed by atoms with Crippen LogP contribution in [0.2, 0.25) is 0 Å². The minimum absolute atomic E-state index is 0.239. The third-order valence-electron chi connectivity index (χ3n) is 3.00. The fourth-order valence-electron chi connectivity index (χ4n) is 1.92. The van der Waals surface area contributed by atoms with Gasteiger partial charge in [-0.3, -0.25) is 13.9 Å². The van der Waals surface area contributed by atoms with Crippen molar-refractivity contribution < 1.29 is 0 Å². The number of rotatable bonds is 5. The second kappa shape index (κ2) is 5.66. The van der Waals surface area contributed by atoms with Gasteiger partial charge in [0.05, 0.1) is 0 Å². The molecule has 2 rings (SSSR count). The number of aromatic nitrogens is 4. The molecule has 7 heteroatoms. The molecule has 0 aliphatic rings. The summed E-state index contributed by atoms with van der Waals surface area (Å²) in [5.74, 6) is 0.892. The average molecular weight is 263 g/mol. The maximum atomic E-state index is 12.1. The molecule has 0 unspecified atom stereocenters. The highest BCUT2D eigenvalue weighted by atomic mass is 16.2. The van der Waals surface area contributed by atoms with Crippen LogP contribution >= 0.6 is 0 Å². The van der Waals surface area contributed by atoms with Gasteiger partial charge in [-0.15, -0.1) is 0 Å². The van der Waals surface area contributed by atoms with Gasteiger partial charge in [0.2, 0.25) is 0 Å². The molecule has 0 aromatic carbocycles. The zero-order valence-electron chi connectivity index (χ0n) is 10.8. The molecule has 0 amide bonds. The lowest BCUT2D eigenvalue weighted by Crippen LogP contribution is -2.40. The van der Waals surface area contributed by atoms with E-state index >= 15 is 0 Å². The molecule has 2 aromatic rings. The van der Waals surface area contributed by atoms with Crippen LogP contribution in [-0.4, -0.2) is 25.2 Å². The van der Waals surface area contributed by atoms with E-state index in [1.54, 1.807) is 6.20 Å². The summed E-state index contributed by atoms with van der Waals surface area (Å²) in [6.45, 7) is 3.52. The summed E-state index contributed by atoms with van der Waals surface area (Å²) in [5, 5.41) is 0. The summed E-state index contributed by atoms with van der Waals surface area (Å²) < 4.78 is 4.61. The SMILES string of the molecule is Cc1nccn1CCn1ccc(=O)n(CCN)c1=O. The number of hydrogen-bond donors (Lipinski definition) is 1. The van der Waals surface area contributed by atoms with Crippen molar-refractivity contribution in [3.8, 4) is 0 Å². The Hall–Kier alpha value is -2.15. The zero-order valence-corrected chi connectivity index (χ0v) is 10.8. The number of aryl methyl sites for hydroxylation is 3. The molecule has 0 spiro atoms. The van der Waals surface area contributed by atoms with E-state index in [4.69, 9.17) is 5.73 Å². The average Bonchev–Trinajstić information content (AvgIpc) is 2.79. The van der Waals surface area contributed by atoms with Crippen molar-refractivity contribution in [2.45, 2.75) is 26.6 Å². The van der Waals surface area contributed by atoms with E-state index < -0.39 is 0 Å². The molecule has 2 N–H and O–H groups in total. The Bertz CT molecular complexity index is 667. The second-order valence-electron chi connectivity index (χ2n) is 4.24. The Morgan fingerprint density at radius 3 is 2.53 bits per heavy atom. The molecule has 102 valence electrons. The van der Waals surface area contributed by atoms with Crippen molar-refractivity contribution in [2.75, 3.05) is 6.54 Å². The predicted octanol–water partition coefficient (Wildman–Crippen LogP) is -0.826. The van der Waals surface area contributed by atoms with Gasteiger partial charge in [-0.25, -0.2) is 9.78 Å². The maximum Gasteiger partial charge on any atom is 0.331 e. The van der Waals surface area contributed by atoms with Crippen molar-refractivity contribution in [3.05, 3.63) is 51.3 Å². The van der Waals surface area contributed by atoms with Crippen LogP contribution in [0.4, 0.5) is 0 Å². The lowest BCUT2D eigenvalue weighted by molar-refractivity contribution is 0.509. The lowest BCUT2D eigenvalue weighted by Gasteiger charge is -2.10. The van der Waals surface area contributed by atoms with E-state index in [1.807, 2.05) is 17.7 Å². The molecule has 0 atom stereocenters. The first-order valence-electron chi connectivity index (χ1n) is 6.11. The van der Waals surface area contributed by atoms with Crippen molar-refractivity contribution in [1.29, 1.82) is 0 Å². The third-order valence-corrected chi connectivity index (χ3v) is 3.00. The molecule has 0 bridgehead atoms. The van der Waals surface area contributed by atoms with Gasteiger partial charge in [-0.05, 0) is 6.92 Å². The molecule has 0 fully saturated rings. The first-order valence-corrected chi connectivity index (χ1v) is 6.11. The molecule has 0 saturated carbocycles. The zero-order chi connectivity index (χ0) is 13.8. The lowest BCUT2D eigenvalue weighted by atomic mass is 10.5. The summed E-state index contributed by atoms with van der Waals surface area (Å²) in [5.41, 5.74) is 4.76. The Balaban J connectivity index is 2.22. The van der Waals surface area contributed by atoms with Crippen LogP contribution in [-0.2, 0) is 19.6 Å². The first-order chi connectivity index (χ1) is 9.13. The molecular weight excluding hydrogens is 246 g/mol. The van der Waals surface area contributed by atoms with Crippen LogP contribution in [0.15, 0.2) is 34.2 Å². The Kier molecular flexibility index (Phi) is 3.96. The Labute approximate surface area is 109 Å². The summed E-state index contributed by atoms with van der Waals surface area (Å²) in [7, 11) is 0. The second-order valence-corrected chi connectivity index (χ2v) is 4.24. The summed E-state index contributed by atoms with van der Waals surface area (Å²) >= 11 is 0. The fourth-order valence-corrected chi connectivity index (χ4v) is 1.92. The molecule has 0 radical (unpaired) electrons. The molecule has 0 saturated heterocycles. The van der Waals surface area contributed by atoms with Crippen molar-refractivity contribution in [3.63, 3.8) is 0 Å². The van der Waals surface area contributed by atoms with Gasteiger partial charge in [0.1, 0.15) is 5.82 Å². The summed E-state index contributed by atoms with van der Waals surface area (Å²) in [4.78, 5) is 27.7. The van der Waals surface area contributed by atoms with Crippen LogP contribution in [0.25, 0.3) is 0 Å². The molecule has 2 aromatic heterocycles. The smallest absolute Gasteiger partial charge is 0.331 e. The van der Waals surface area contributed by atoms with Gasteiger partial charge >= 0.3 is 5.69 Å². The molecule has 2 heterocycles. The van der Waals surface area contributed by atoms with Crippen molar-refractivity contribution in [2.24, 2.45) is 5.73 Å². The predicted molar refractivity (Wildman–Crippen MR) is 71.0 cm³/mol. The normalized spacial score (nSPS) is 10.8. The van der Waals surface area contributed by atoms with Gasteiger partial charge in [-0.1, -0.05) is 0 Å². The fraction of sp³-hybridized carbons (Fsp3) is 0.417. The Morgan fingerprint density at radius 1 is 1.16 bits per heavy atom. The quantitative estimate of drug-likeness (QED) is 0.763. The van der Waals surface area contributed by atoms with E-state index in [0.29, 0.717) is 13.1 Å². The molecule has 0 aliphatic carbocycles. The van der Waals surface area contributed by atoms with Gasteiger partial charge in [0.25, 0.3) is 5.56 Å². The molecule has 7 nitrogen and oxygen atoms in total. The molecule has 19 heavy (non-hydrogen) atoms. The highest BCUT2D eigenvalue weighted by Gasteiger charge is 2.05. The minimum Gasteiger partial charge on any atom is -0.333 e. The first kappa shape index (κ1) is 13.3. The van der Waals surface area contributed by atoms with E-state index in [1.165, 1.54) is 16.8 Å². The number of nitrogens with two attached hydrogens (primary N) is 1. The van der Waals surface area contributed by atoms with E-state index in [2.05, 4.69) is 4.98 Å². The molecule has 0 aliphatic heterocycles. The van der Waals surface area contributed by atoms with Gasteiger partial charge in [0, 0.05) is 50.8 Å². The summed E-state index contributed by atoms with van der Waals surface area (Å²) in [6.07, 6.45) is 5.09. The number of imidazole rings is 1. The number of nitrogens with zero attached hydrogens (tertiary/aromatic N) is 4. The van der Waals surface area contributed by atoms with Crippen molar-refractivity contribution in [1.82, 2.24) is 18.7 Å². The van der Waals surface area contributed by atoms with E-state index in [-0.39, 0.29) is 24.3 Å². The van der Waals surface area contributed by atoms with Crippen LogP contribution in [0.3, 0.4) is 0 Å².